The largest absolute Gasteiger partial charge is 0.495 e. The minimum absolute atomic E-state index is 0. The first-order valence-corrected chi connectivity index (χ1v) is 7.78. The third-order valence-electron chi connectivity index (χ3n) is 3.57. The Hall–Kier alpha value is -0.820. The first-order valence-electron chi connectivity index (χ1n) is 6.29. The molecule has 2 rings (SSSR count). The maximum absolute atomic E-state index is 12.3. The fourth-order valence-electron chi connectivity index (χ4n) is 2.12. The van der Waals surface area contributed by atoms with Crippen molar-refractivity contribution in [2.75, 3.05) is 13.7 Å². The molecule has 7 heteroatoms. The van der Waals surface area contributed by atoms with Gasteiger partial charge in [0, 0.05) is 12.1 Å². The van der Waals surface area contributed by atoms with E-state index in [-0.39, 0.29) is 29.4 Å². The van der Waals surface area contributed by atoms with Gasteiger partial charge >= 0.3 is 0 Å². The van der Waals surface area contributed by atoms with E-state index in [1.807, 2.05) is 13.0 Å². The summed E-state index contributed by atoms with van der Waals surface area (Å²) < 4.78 is 32.3. The number of nitrogens with two attached hydrogens (primary N) is 1. The van der Waals surface area contributed by atoms with Gasteiger partial charge in [-0.1, -0.05) is 6.07 Å². The van der Waals surface area contributed by atoms with Gasteiger partial charge in [-0.3, -0.25) is 0 Å². The summed E-state index contributed by atoms with van der Waals surface area (Å²) in [6.45, 7) is 2.11. The van der Waals surface area contributed by atoms with Crippen LogP contribution in [0.5, 0.6) is 5.75 Å². The van der Waals surface area contributed by atoms with Crippen LogP contribution in [0.15, 0.2) is 23.1 Å². The number of methoxy groups -OCH3 is 1. The molecule has 5 nitrogen and oxygen atoms in total. The number of hydrogen-bond donors (Lipinski definition) is 2. The SMILES string of the molecule is COc1ccc(C)cc1S(=O)(=O)NCC1(N)CCC1.Cl. The van der Waals surface area contributed by atoms with Crippen molar-refractivity contribution in [1.82, 2.24) is 4.72 Å². The molecule has 0 bridgehead atoms. The second-order valence-corrected chi connectivity index (χ2v) is 6.93. The molecule has 1 aliphatic carbocycles. The van der Waals surface area contributed by atoms with Crippen LogP contribution in [0.3, 0.4) is 0 Å². The summed E-state index contributed by atoms with van der Waals surface area (Å²) in [4.78, 5) is 0.165. The molecule has 1 saturated carbocycles. The summed E-state index contributed by atoms with van der Waals surface area (Å²) in [7, 11) is -2.13. The number of hydrogen-bond acceptors (Lipinski definition) is 4. The number of aryl methyl sites for hydroxylation is 1. The maximum atomic E-state index is 12.3. The monoisotopic (exact) mass is 320 g/mol. The van der Waals surface area contributed by atoms with Crippen LogP contribution in [0.25, 0.3) is 0 Å². The lowest BCUT2D eigenvalue weighted by Crippen LogP contribution is -2.54. The molecule has 0 aromatic heterocycles. The van der Waals surface area contributed by atoms with Crippen LogP contribution in [0, 0.1) is 6.92 Å². The smallest absolute Gasteiger partial charge is 0.244 e. The highest BCUT2D eigenvalue weighted by Crippen LogP contribution is 2.29. The molecule has 0 atom stereocenters. The maximum Gasteiger partial charge on any atom is 0.244 e. The standard InChI is InChI=1S/C13H20N2O3S.ClH/c1-10-4-5-11(18-2)12(8-10)19(16,17)15-9-13(14)6-3-7-13;/h4-5,8,15H,3,6-7,9,14H2,1-2H3;1H. The molecule has 0 radical (unpaired) electrons. The van der Waals surface area contributed by atoms with Gasteiger partial charge in [0.25, 0.3) is 0 Å². The van der Waals surface area contributed by atoms with Crippen molar-refractivity contribution in [3.05, 3.63) is 23.8 Å². The normalized spacial score (nSPS) is 16.9. The molecule has 1 fully saturated rings. The van der Waals surface area contributed by atoms with Crippen LogP contribution in [-0.2, 0) is 10.0 Å². The highest BCUT2D eigenvalue weighted by atomic mass is 35.5. The van der Waals surface area contributed by atoms with E-state index in [2.05, 4.69) is 4.72 Å². The average Bonchev–Trinajstić information content (AvgIpc) is 2.34. The average molecular weight is 321 g/mol. The van der Waals surface area contributed by atoms with E-state index in [4.69, 9.17) is 10.5 Å². The van der Waals surface area contributed by atoms with Crippen LogP contribution in [0.1, 0.15) is 24.8 Å². The molecule has 0 amide bonds. The lowest BCUT2D eigenvalue weighted by Gasteiger charge is -2.38. The minimum Gasteiger partial charge on any atom is -0.495 e. The van der Waals surface area contributed by atoms with Gasteiger partial charge in [-0.25, -0.2) is 13.1 Å². The van der Waals surface area contributed by atoms with Crippen molar-refractivity contribution < 1.29 is 13.2 Å². The van der Waals surface area contributed by atoms with Crippen LogP contribution in [-0.4, -0.2) is 27.6 Å². The Labute approximate surface area is 126 Å². The highest BCUT2D eigenvalue weighted by molar-refractivity contribution is 7.89. The number of ether oxygens (including phenoxy) is 1. The zero-order chi connectivity index (χ0) is 14.1. The van der Waals surface area contributed by atoms with Gasteiger partial charge in [-0.05, 0) is 43.9 Å². The number of rotatable bonds is 5. The Bertz CT molecular complexity index is 571. The molecule has 0 aliphatic heterocycles. The van der Waals surface area contributed by atoms with Crippen molar-refractivity contribution in [3.63, 3.8) is 0 Å². The Morgan fingerprint density at radius 2 is 2.05 bits per heavy atom. The number of benzene rings is 1. The third kappa shape index (κ3) is 3.63. The minimum atomic E-state index is -3.59. The molecular formula is C13H21ClN2O3S. The highest BCUT2D eigenvalue weighted by Gasteiger charge is 2.34. The Kier molecular flexibility index (Phi) is 5.43. The molecule has 0 saturated heterocycles. The molecule has 3 N–H and O–H groups in total. The summed E-state index contributed by atoms with van der Waals surface area (Å²) in [6.07, 6.45) is 2.78. The predicted molar refractivity (Wildman–Crippen MR) is 80.9 cm³/mol. The molecule has 0 spiro atoms. The second-order valence-electron chi connectivity index (χ2n) is 5.19. The number of sulfonamides is 1. The van der Waals surface area contributed by atoms with E-state index in [1.165, 1.54) is 7.11 Å². The van der Waals surface area contributed by atoms with Gasteiger partial charge in [0.05, 0.1) is 7.11 Å². The topological polar surface area (TPSA) is 81.4 Å². The lowest BCUT2D eigenvalue weighted by atomic mass is 9.78. The van der Waals surface area contributed by atoms with Gasteiger partial charge in [0.1, 0.15) is 10.6 Å². The van der Waals surface area contributed by atoms with Crippen molar-refractivity contribution in [2.24, 2.45) is 5.73 Å². The van der Waals surface area contributed by atoms with Crippen LogP contribution in [0.4, 0.5) is 0 Å². The van der Waals surface area contributed by atoms with Crippen LogP contribution in [0.2, 0.25) is 0 Å². The molecule has 0 heterocycles. The van der Waals surface area contributed by atoms with Crippen LogP contribution < -0.4 is 15.2 Å². The van der Waals surface area contributed by atoms with Crippen LogP contribution >= 0.6 is 12.4 Å². The fourth-order valence-corrected chi connectivity index (χ4v) is 3.51. The fraction of sp³-hybridized carbons (Fsp3) is 0.538. The second kappa shape index (κ2) is 6.30. The first kappa shape index (κ1) is 17.2. The van der Waals surface area contributed by atoms with E-state index >= 15 is 0 Å². The Balaban J connectivity index is 0.00000200. The van der Waals surface area contributed by atoms with Crippen molar-refractivity contribution in [1.29, 1.82) is 0 Å². The molecule has 20 heavy (non-hydrogen) atoms. The summed E-state index contributed by atoms with van der Waals surface area (Å²) >= 11 is 0. The summed E-state index contributed by atoms with van der Waals surface area (Å²) in [5, 5.41) is 0. The molecule has 1 aliphatic rings. The van der Waals surface area contributed by atoms with E-state index in [1.54, 1.807) is 12.1 Å². The van der Waals surface area contributed by atoms with Crippen molar-refractivity contribution >= 4 is 22.4 Å². The summed E-state index contributed by atoms with van der Waals surface area (Å²) in [5.74, 6) is 0.345. The zero-order valence-electron chi connectivity index (χ0n) is 11.7. The van der Waals surface area contributed by atoms with Gasteiger partial charge in [0.2, 0.25) is 10.0 Å². The molecule has 0 unspecified atom stereocenters. The van der Waals surface area contributed by atoms with E-state index in [0.717, 1.165) is 24.8 Å². The van der Waals surface area contributed by atoms with Gasteiger partial charge in [0.15, 0.2) is 0 Å². The summed E-state index contributed by atoms with van der Waals surface area (Å²) in [6, 6.07) is 5.07. The molecule has 1 aromatic carbocycles. The van der Waals surface area contributed by atoms with Gasteiger partial charge in [-0.15, -0.1) is 12.4 Å². The quantitative estimate of drug-likeness (QED) is 0.863. The first-order chi connectivity index (χ1) is 8.86. The van der Waals surface area contributed by atoms with E-state index in [9.17, 15) is 8.42 Å². The number of halogens is 1. The van der Waals surface area contributed by atoms with Gasteiger partial charge in [-0.2, -0.15) is 0 Å². The molecule has 114 valence electrons. The molecule has 1 aromatic rings. The van der Waals surface area contributed by atoms with E-state index < -0.39 is 10.0 Å². The van der Waals surface area contributed by atoms with Crippen molar-refractivity contribution in [2.45, 2.75) is 36.6 Å². The summed E-state index contributed by atoms with van der Waals surface area (Å²) in [5.41, 5.74) is 6.51. The number of nitrogens with one attached hydrogen (secondary N) is 1. The molecular weight excluding hydrogens is 300 g/mol. The Morgan fingerprint density at radius 1 is 1.40 bits per heavy atom. The lowest BCUT2D eigenvalue weighted by molar-refractivity contribution is 0.251. The zero-order valence-corrected chi connectivity index (χ0v) is 13.3. The van der Waals surface area contributed by atoms with Gasteiger partial charge < -0.3 is 10.5 Å². The predicted octanol–water partition coefficient (Wildman–Crippen LogP) is 1.59. The van der Waals surface area contributed by atoms with Crippen molar-refractivity contribution in [3.8, 4) is 5.75 Å². The van der Waals surface area contributed by atoms with E-state index in [0.29, 0.717) is 5.75 Å². The Morgan fingerprint density at radius 3 is 2.55 bits per heavy atom. The third-order valence-corrected chi connectivity index (χ3v) is 4.99.